The number of anilines is 1. The van der Waals surface area contributed by atoms with Crippen LogP contribution in [-0.4, -0.2) is 18.2 Å². The molecule has 0 aliphatic carbocycles. The van der Waals surface area contributed by atoms with Crippen molar-refractivity contribution < 1.29 is 4.74 Å². The van der Waals surface area contributed by atoms with Crippen LogP contribution in [-0.2, 0) is 11.2 Å². The molecule has 1 aromatic rings. The Labute approximate surface area is 122 Å². The quantitative estimate of drug-likeness (QED) is 0.884. The molecule has 0 saturated carbocycles. The Morgan fingerprint density at radius 3 is 2.80 bits per heavy atom. The van der Waals surface area contributed by atoms with E-state index in [0.717, 1.165) is 25.9 Å². The first-order valence-corrected chi connectivity index (χ1v) is 8.16. The van der Waals surface area contributed by atoms with Gasteiger partial charge in [0.1, 0.15) is 0 Å². The van der Waals surface area contributed by atoms with E-state index in [-0.39, 0.29) is 5.60 Å². The molecule has 20 heavy (non-hydrogen) atoms. The van der Waals surface area contributed by atoms with Crippen LogP contribution in [0.5, 0.6) is 0 Å². The number of ether oxygens (including phenoxy) is 1. The molecule has 110 valence electrons. The predicted octanol–water partition coefficient (Wildman–Crippen LogP) is 4.35. The van der Waals surface area contributed by atoms with Gasteiger partial charge < -0.3 is 10.1 Å². The number of aryl methyl sites for hydroxylation is 1. The van der Waals surface area contributed by atoms with Crippen molar-refractivity contribution in [2.24, 2.45) is 5.92 Å². The molecule has 0 radical (unpaired) electrons. The van der Waals surface area contributed by atoms with Crippen molar-refractivity contribution in [1.29, 1.82) is 0 Å². The summed E-state index contributed by atoms with van der Waals surface area (Å²) in [5.41, 5.74) is 4.35. The summed E-state index contributed by atoms with van der Waals surface area (Å²) >= 11 is 0. The van der Waals surface area contributed by atoms with Gasteiger partial charge in [0.2, 0.25) is 0 Å². The first-order chi connectivity index (χ1) is 9.64. The highest BCUT2D eigenvalue weighted by Crippen LogP contribution is 2.50. The Morgan fingerprint density at radius 1 is 1.35 bits per heavy atom. The fourth-order valence-electron chi connectivity index (χ4n) is 4.34. The predicted molar refractivity (Wildman–Crippen MR) is 84.4 cm³/mol. The Kier molecular flexibility index (Phi) is 3.53. The van der Waals surface area contributed by atoms with Crippen molar-refractivity contribution in [1.82, 2.24) is 0 Å². The molecule has 3 unspecified atom stereocenters. The highest BCUT2D eigenvalue weighted by Gasteiger charge is 2.51. The zero-order valence-corrected chi connectivity index (χ0v) is 13.2. The van der Waals surface area contributed by atoms with Gasteiger partial charge in [0.25, 0.3) is 0 Å². The van der Waals surface area contributed by atoms with Crippen molar-refractivity contribution in [3.05, 3.63) is 29.3 Å². The van der Waals surface area contributed by atoms with Crippen LogP contribution in [0.15, 0.2) is 18.2 Å². The van der Waals surface area contributed by atoms with Crippen LogP contribution in [0.3, 0.4) is 0 Å². The maximum atomic E-state index is 6.33. The number of hydrogen-bond donors (Lipinski definition) is 1. The monoisotopic (exact) mass is 273 g/mol. The molecule has 2 nitrogen and oxygen atoms in total. The van der Waals surface area contributed by atoms with Gasteiger partial charge in [-0.05, 0) is 36.3 Å². The zero-order chi connectivity index (χ0) is 14.3. The third kappa shape index (κ3) is 1.81. The molecule has 0 aromatic heterocycles. The van der Waals surface area contributed by atoms with Gasteiger partial charge in [-0.1, -0.05) is 45.9 Å². The second kappa shape index (κ2) is 5.07. The topological polar surface area (TPSA) is 21.3 Å². The van der Waals surface area contributed by atoms with Crippen molar-refractivity contribution in [2.45, 2.75) is 64.5 Å². The van der Waals surface area contributed by atoms with Crippen LogP contribution in [0, 0.1) is 5.92 Å². The van der Waals surface area contributed by atoms with Crippen molar-refractivity contribution in [2.75, 3.05) is 11.9 Å². The normalized spacial score (nSPS) is 31.9. The van der Waals surface area contributed by atoms with Crippen LogP contribution in [0.1, 0.15) is 57.6 Å². The minimum atomic E-state index is -0.0209. The number of hydrogen-bond acceptors (Lipinski definition) is 2. The van der Waals surface area contributed by atoms with Crippen molar-refractivity contribution >= 4 is 5.69 Å². The minimum absolute atomic E-state index is 0.0209. The standard InChI is InChI=1S/C18H27NO/c1-5-13-8-7-9-14-15-10-11-20-18(6-2,12(3)4)17(15)19-16(13)14/h7-9,12,15,17,19H,5-6,10-11H2,1-4H3. The molecule has 3 atom stereocenters. The Morgan fingerprint density at radius 2 is 2.15 bits per heavy atom. The minimum Gasteiger partial charge on any atom is -0.378 e. The number of fused-ring (bicyclic) bond motifs is 3. The molecule has 2 heteroatoms. The average Bonchev–Trinajstić information content (AvgIpc) is 2.85. The second-order valence-corrected chi connectivity index (χ2v) is 6.56. The lowest BCUT2D eigenvalue weighted by Crippen LogP contribution is -2.56. The lowest BCUT2D eigenvalue weighted by molar-refractivity contribution is -0.123. The first kappa shape index (κ1) is 13.9. The second-order valence-electron chi connectivity index (χ2n) is 6.56. The molecule has 1 N–H and O–H groups in total. The molecular weight excluding hydrogens is 246 g/mol. The fraction of sp³-hybridized carbons (Fsp3) is 0.667. The first-order valence-electron chi connectivity index (χ1n) is 8.16. The van der Waals surface area contributed by atoms with Crippen molar-refractivity contribution in [3.63, 3.8) is 0 Å². The summed E-state index contributed by atoms with van der Waals surface area (Å²) in [6.45, 7) is 10.0. The van der Waals surface area contributed by atoms with Gasteiger partial charge >= 0.3 is 0 Å². The van der Waals surface area contributed by atoms with Gasteiger partial charge in [-0.15, -0.1) is 0 Å². The van der Waals surface area contributed by atoms with Crippen LogP contribution < -0.4 is 5.32 Å². The SMILES string of the molecule is CCc1cccc2c1NC1C2CCOC1(CC)C(C)C. The van der Waals surface area contributed by atoms with E-state index in [4.69, 9.17) is 4.74 Å². The lowest BCUT2D eigenvalue weighted by Gasteiger charge is -2.48. The van der Waals surface area contributed by atoms with Crippen molar-refractivity contribution in [3.8, 4) is 0 Å². The molecule has 1 fully saturated rings. The lowest BCUT2D eigenvalue weighted by atomic mass is 9.72. The third-order valence-electron chi connectivity index (χ3n) is 5.52. The molecule has 3 rings (SSSR count). The maximum absolute atomic E-state index is 6.33. The summed E-state index contributed by atoms with van der Waals surface area (Å²) in [4.78, 5) is 0. The van der Waals surface area contributed by atoms with E-state index < -0.39 is 0 Å². The number of rotatable bonds is 3. The molecule has 0 spiro atoms. The van der Waals surface area contributed by atoms with E-state index in [1.807, 2.05) is 0 Å². The Bertz CT molecular complexity index is 496. The molecule has 2 aliphatic heterocycles. The zero-order valence-electron chi connectivity index (χ0n) is 13.2. The average molecular weight is 273 g/mol. The molecule has 2 heterocycles. The summed E-state index contributed by atoms with van der Waals surface area (Å²) < 4.78 is 6.33. The van der Waals surface area contributed by atoms with E-state index in [1.165, 1.54) is 16.8 Å². The molecule has 1 saturated heterocycles. The van der Waals surface area contributed by atoms with Crippen LogP contribution in [0.25, 0.3) is 0 Å². The maximum Gasteiger partial charge on any atom is 0.0908 e. The van der Waals surface area contributed by atoms with E-state index >= 15 is 0 Å². The van der Waals surface area contributed by atoms with E-state index in [9.17, 15) is 0 Å². The van der Waals surface area contributed by atoms with E-state index in [1.54, 1.807) is 0 Å². The van der Waals surface area contributed by atoms with Gasteiger partial charge in [-0.25, -0.2) is 0 Å². The smallest absolute Gasteiger partial charge is 0.0908 e. The Balaban J connectivity index is 2.04. The highest BCUT2D eigenvalue weighted by molar-refractivity contribution is 5.65. The fourth-order valence-corrected chi connectivity index (χ4v) is 4.34. The van der Waals surface area contributed by atoms with Crippen LogP contribution in [0.4, 0.5) is 5.69 Å². The summed E-state index contributed by atoms with van der Waals surface area (Å²) in [6, 6.07) is 7.23. The van der Waals surface area contributed by atoms with Crippen LogP contribution in [0.2, 0.25) is 0 Å². The van der Waals surface area contributed by atoms with Gasteiger partial charge in [0, 0.05) is 18.2 Å². The van der Waals surface area contributed by atoms with Gasteiger partial charge in [-0.2, -0.15) is 0 Å². The largest absolute Gasteiger partial charge is 0.378 e. The summed E-state index contributed by atoms with van der Waals surface area (Å²) in [5.74, 6) is 1.15. The highest BCUT2D eigenvalue weighted by atomic mass is 16.5. The summed E-state index contributed by atoms with van der Waals surface area (Å²) in [5, 5.41) is 3.85. The molecule has 1 aromatic carbocycles. The molecule has 0 bridgehead atoms. The van der Waals surface area contributed by atoms with Gasteiger partial charge in [0.15, 0.2) is 0 Å². The number of para-hydroxylation sites is 1. The van der Waals surface area contributed by atoms with E-state index in [0.29, 0.717) is 17.9 Å². The Hall–Kier alpha value is -1.02. The number of benzene rings is 1. The molecular formula is C18H27NO. The summed E-state index contributed by atoms with van der Waals surface area (Å²) in [6.07, 6.45) is 3.32. The number of nitrogens with one attached hydrogen (secondary N) is 1. The van der Waals surface area contributed by atoms with E-state index in [2.05, 4.69) is 51.2 Å². The van der Waals surface area contributed by atoms with Gasteiger partial charge in [-0.3, -0.25) is 0 Å². The molecule has 0 amide bonds. The third-order valence-corrected chi connectivity index (χ3v) is 5.52. The van der Waals surface area contributed by atoms with Crippen LogP contribution >= 0.6 is 0 Å². The summed E-state index contributed by atoms with van der Waals surface area (Å²) in [7, 11) is 0. The van der Waals surface area contributed by atoms with Gasteiger partial charge in [0.05, 0.1) is 11.6 Å². The molecule has 2 aliphatic rings.